The summed E-state index contributed by atoms with van der Waals surface area (Å²) in [6, 6.07) is 7.72. The number of alkyl halides is 3. The summed E-state index contributed by atoms with van der Waals surface area (Å²) in [5.74, 6) is -1.23. The predicted molar refractivity (Wildman–Crippen MR) is 135 cm³/mol. The minimum Gasteiger partial charge on any atom is -0.467 e. The Hall–Kier alpha value is -3.64. The fourth-order valence-electron chi connectivity index (χ4n) is 3.14. The third-order valence-corrected chi connectivity index (χ3v) is 6.44. The van der Waals surface area contributed by atoms with Crippen molar-refractivity contribution >= 4 is 52.2 Å². The number of amides is 3. The maximum Gasteiger partial charge on any atom is 0.416 e. The van der Waals surface area contributed by atoms with Gasteiger partial charge in [-0.2, -0.15) is 13.2 Å². The molecule has 8 nitrogen and oxygen atoms in total. The largest absolute Gasteiger partial charge is 0.467 e. The number of urea groups is 1. The Kier molecular flexibility index (Phi) is 8.77. The van der Waals surface area contributed by atoms with Crippen LogP contribution >= 0.6 is 22.9 Å². The molecule has 0 aliphatic carbocycles. The van der Waals surface area contributed by atoms with Crippen LogP contribution in [0, 0.1) is 5.92 Å². The minimum absolute atomic E-state index is 0.0196. The number of methoxy groups -OCH3 is 1. The minimum atomic E-state index is -4.55. The van der Waals surface area contributed by atoms with E-state index in [1.807, 2.05) is 0 Å². The van der Waals surface area contributed by atoms with Gasteiger partial charge in [-0.3, -0.25) is 4.79 Å². The number of carbonyl (C=O) groups excluding carboxylic acids is 3. The van der Waals surface area contributed by atoms with E-state index in [4.69, 9.17) is 16.3 Å². The molecule has 1 atom stereocenters. The van der Waals surface area contributed by atoms with Gasteiger partial charge in [0, 0.05) is 11.9 Å². The number of ether oxygens (including phenoxy) is 1. The van der Waals surface area contributed by atoms with E-state index in [1.54, 1.807) is 38.1 Å². The Morgan fingerprint density at radius 1 is 1.05 bits per heavy atom. The number of esters is 1. The summed E-state index contributed by atoms with van der Waals surface area (Å²) in [5.41, 5.74) is 0.225. The second-order valence-corrected chi connectivity index (χ2v) is 9.53. The molecule has 0 spiro atoms. The fraction of sp³-hybridized carbons (Fsp3) is 0.250. The lowest BCUT2D eigenvalue weighted by Crippen LogP contribution is -2.44. The molecule has 3 amide bonds. The lowest BCUT2D eigenvalue weighted by atomic mass is 10.0. The van der Waals surface area contributed by atoms with Crippen molar-refractivity contribution in [2.24, 2.45) is 5.92 Å². The molecule has 0 unspecified atom stereocenters. The zero-order chi connectivity index (χ0) is 27.3. The van der Waals surface area contributed by atoms with Gasteiger partial charge in [-0.05, 0) is 41.8 Å². The Labute approximate surface area is 219 Å². The fourth-order valence-corrected chi connectivity index (χ4v) is 4.19. The molecule has 13 heteroatoms. The molecule has 0 saturated heterocycles. The van der Waals surface area contributed by atoms with Gasteiger partial charge in [-0.25, -0.2) is 14.6 Å². The van der Waals surface area contributed by atoms with Gasteiger partial charge < -0.3 is 20.7 Å². The van der Waals surface area contributed by atoms with Crippen molar-refractivity contribution in [3.63, 3.8) is 0 Å². The van der Waals surface area contributed by atoms with Crippen LogP contribution in [0.1, 0.15) is 29.2 Å². The van der Waals surface area contributed by atoms with E-state index >= 15 is 0 Å². The molecule has 0 aliphatic rings. The van der Waals surface area contributed by atoms with E-state index in [0.717, 1.165) is 35.1 Å². The molecule has 1 aromatic heterocycles. The molecule has 3 N–H and O–H groups in total. The number of benzene rings is 2. The highest BCUT2D eigenvalue weighted by Crippen LogP contribution is 2.34. The van der Waals surface area contributed by atoms with Crippen LogP contribution in [0.3, 0.4) is 0 Å². The molecule has 0 saturated carbocycles. The normalized spacial score (nSPS) is 12.1. The molecular weight excluding hydrogens is 533 g/mol. The topological polar surface area (TPSA) is 109 Å². The van der Waals surface area contributed by atoms with Gasteiger partial charge in [0.05, 0.1) is 28.3 Å². The first kappa shape index (κ1) is 27.9. The van der Waals surface area contributed by atoms with E-state index in [1.165, 1.54) is 13.3 Å². The van der Waals surface area contributed by atoms with Gasteiger partial charge in [0.2, 0.25) is 0 Å². The van der Waals surface area contributed by atoms with Crippen molar-refractivity contribution < 1.29 is 32.3 Å². The molecule has 2 aromatic carbocycles. The average Bonchev–Trinajstić information content (AvgIpc) is 3.33. The Morgan fingerprint density at radius 2 is 1.73 bits per heavy atom. The van der Waals surface area contributed by atoms with Crippen LogP contribution < -0.4 is 16.0 Å². The molecule has 0 bridgehead atoms. The third kappa shape index (κ3) is 7.20. The van der Waals surface area contributed by atoms with Crippen LogP contribution in [0.15, 0.2) is 48.7 Å². The first-order valence-electron chi connectivity index (χ1n) is 10.8. The Balaban J connectivity index is 1.63. The first-order valence-corrected chi connectivity index (χ1v) is 12.0. The van der Waals surface area contributed by atoms with Gasteiger partial charge in [0.1, 0.15) is 6.04 Å². The SMILES string of the molecule is COC(=O)[C@@H](NC(=O)c1ncc(-c2ccc(NC(=O)Nc3ccc(C(F)(F)F)cc3Cl)cc2)s1)C(C)C. The van der Waals surface area contributed by atoms with Crippen molar-refractivity contribution in [2.75, 3.05) is 17.7 Å². The van der Waals surface area contributed by atoms with Crippen LogP contribution in [-0.4, -0.2) is 36.0 Å². The zero-order valence-corrected chi connectivity index (χ0v) is 21.3. The maximum atomic E-state index is 12.8. The summed E-state index contributed by atoms with van der Waals surface area (Å²) in [5, 5.41) is 7.50. The molecule has 3 rings (SSSR count). The van der Waals surface area contributed by atoms with E-state index in [-0.39, 0.29) is 21.6 Å². The molecule has 196 valence electrons. The van der Waals surface area contributed by atoms with Crippen molar-refractivity contribution in [1.82, 2.24) is 10.3 Å². The number of rotatable bonds is 7. The van der Waals surface area contributed by atoms with Gasteiger partial charge in [-0.1, -0.05) is 37.6 Å². The maximum absolute atomic E-state index is 12.8. The van der Waals surface area contributed by atoms with Crippen LogP contribution in [-0.2, 0) is 15.7 Å². The number of hydrogen-bond acceptors (Lipinski definition) is 6. The highest BCUT2D eigenvalue weighted by atomic mass is 35.5. The second kappa shape index (κ2) is 11.6. The van der Waals surface area contributed by atoms with Crippen molar-refractivity contribution in [3.05, 3.63) is 64.3 Å². The summed E-state index contributed by atoms with van der Waals surface area (Å²) < 4.78 is 43.0. The molecule has 3 aromatic rings. The first-order chi connectivity index (χ1) is 17.4. The van der Waals surface area contributed by atoms with E-state index in [2.05, 4.69) is 20.9 Å². The summed E-state index contributed by atoms with van der Waals surface area (Å²) in [6.07, 6.45) is -3.03. The highest BCUT2D eigenvalue weighted by molar-refractivity contribution is 7.17. The molecule has 37 heavy (non-hydrogen) atoms. The molecule has 0 aliphatic heterocycles. The summed E-state index contributed by atoms with van der Waals surface area (Å²) in [6.45, 7) is 3.56. The van der Waals surface area contributed by atoms with Crippen LogP contribution in [0.2, 0.25) is 5.02 Å². The highest BCUT2D eigenvalue weighted by Gasteiger charge is 2.31. The van der Waals surface area contributed by atoms with Crippen molar-refractivity contribution in [2.45, 2.75) is 26.1 Å². The summed E-state index contributed by atoms with van der Waals surface area (Å²) in [4.78, 5) is 41.5. The molecular formula is C24H22ClF3N4O4S. The van der Waals surface area contributed by atoms with Crippen LogP contribution in [0.5, 0.6) is 0 Å². The molecule has 1 heterocycles. The zero-order valence-electron chi connectivity index (χ0n) is 19.8. The van der Waals surface area contributed by atoms with E-state index in [0.29, 0.717) is 10.6 Å². The van der Waals surface area contributed by atoms with Crippen molar-refractivity contribution in [1.29, 1.82) is 0 Å². The standard InChI is InChI=1S/C24H22ClF3N4O4S/c1-12(2)19(22(34)36-3)32-20(33)21-29-11-18(37-21)13-4-7-15(8-5-13)30-23(35)31-17-9-6-14(10-16(17)25)24(26,27)28/h4-12,19H,1-3H3,(H,32,33)(H2,30,31,35)/t19-/m0/s1. The number of nitrogens with zero attached hydrogens (tertiary/aromatic N) is 1. The lowest BCUT2D eigenvalue weighted by Gasteiger charge is -2.18. The summed E-state index contributed by atoms with van der Waals surface area (Å²) >= 11 is 6.99. The second-order valence-electron chi connectivity index (χ2n) is 8.10. The van der Waals surface area contributed by atoms with E-state index in [9.17, 15) is 27.6 Å². The number of carbonyl (C=O) groups is 3. The monoisotopic (exact) mass is 554 g/mol. The number of aromatic nitrogens is 1. The Morgan fingerprint density at radius 3 is 2.30 bits per heavy atom. The van der Waals surface area contributed by atoms with Gasteiger partial charge in [0.25, 0.3) is 5.91 Å². The predicted octanol–water partition coefficient (Wildman–Crippen LogP) is 6.05. The number of hydrogen-bond donors (Lipinski definition) is 3. The number of nitrogens with one attached hydrogen (secondary N) is 3. The van der Waals surface area contributed by atoms with Gasteiger partial charge in [-0.15, -0.1) is 11.3 Å². The smallest absolute Gasteiger partial charge is 0.416 e. The Bertz CT molecular complexity index is 1300. The van der Waals surface area contributed by atoms with Crippen molar-refractivity contribution in [3.8, 4) is 10.4 Å². The molecule has 0 radical (unpaired) electrons. The molecule has 0 fully saturated rings. The van der Waals surface area contributed by atoms with Gasteiger partial charge >= 0.3 is 18.2 Å². The van der Waals surface area contributed by atoms with Crippen LogP contribution in [0.25, 0.3) is 10.4 Å². The quantitative estimate of drug-likeness (QED) is 0.308. The number of halogens is 4. The van der Waals surface area contributed by atoms with Crippen LogP contribution in [0.4, 0.5) is 29.3 Å². The van der Waals surface area contributed by atoms with E-state index < -0.39 is 35.7 Å². The van der Waals surface area contributed by atoms with Gasteiger partial charge in [0.15, 0.2) is 5.01 Å². The number of thiazole rings is 1. The average molecular weight is 555 g/mol. The number of anilines is 2. The third-order valence-electron chi connectivity index (χ3n) is 5.08. The lowest BCUT2D eigenvalue weighted by molar-refractivity contribution is -0.144. The summed E-state index contributed by atoms with van der Waals surface area (Å²) in [7, 11) is 1.25.